The Balaban J connectivity index is 3.03. The van der Waals surface area contributed by atoms with Crippen molar-refractivity contribution in [2.45, 2.75) is 31.9 Å². The number of hydrogen-bond acceptors (Lipinski definition) is 4. The average molecular weight is 267 g/mol. The highest BCUT2D eigenvalue weighted by Gasteiger charge is 2.23. The van der Waals surface area contributed by atoms with E-state index in [1.165, 1.54) is 0 Å². The van der Waals surface area contributed by atoms with Gasteiger partial charge in [-0.2, -0.15) is 0 Å². The summed E-state index contributed by atoms with van der Waals surface area (Å²) in [7, 11) is 7.00. The van der Waals surface area contributed by atoms with Crippen molar-refractivity contribution in [1.82, 2.24) is 5.32 Å². The van der Waals surface area contributed by atoms with E-state index in [1.807, 2.05) is 25.2 Å². The standard InChI is InChI=1S/C15H25NO3/c1-15(2,19-6)10-14(16-3)11-7-12(17-4)9-13(8-11)18-5/h7-9,14,16H,10H2,1-6H3. The van der Waals surface area contributed by atoms with Gasteiger partial charge in [-0.3, -0.25) is 0 Å². The smallest absolute Gasteiger partial charge is 0.122 e. The molecule has 4 heteroatoms. The van der Waals surface area contributed by atoms with Gasteiger partial charge >= 0.3 is 0 Å². The summed E-state index contributed by atoms with van der Waals surface area (Å²) >= 11 is 0. The van der Waals surface area contributed by atoms with Crippen LogP contribution < -0.4 is 14.8 Å². The van der Waals surface area contributed by atoms with E-state index in [4.69, 9.17) is 14.2 Å². The summed E-state index contributed by atoms with van der Waals surface area (Å²) in [4.78, 5) is 0. The Hall–Kier alpha value is -1.26. The number of rotatable bonds is 7. The zero-order valence-electron chi connectivity index (χ0n) is 12.7. The van der Waals surface area contributed by atoms with E-state index < -0.39 is 0 Å². The van der Waals surface area contributed by atoms with Crippen molar-refractivity contribution in [2.24, 2.45) is 0 Å². The molecule has 0 heterocycles. The van der Waals surface area contributed by atoms with Gasteiger partial charge in [0.15, 0.2) is 0 Å². The molecule has 0 spiro atoms. The van der Waals surface area contributed by atoms with Crippen molar-refractivity contribution >= 4 is 0 Å². The van der Waals surface area contributed by atoms with Crippen LogP contribution >= 0.6 is 0 Å². The van der Waals surface area contributed by atoms with E-state index >= 15 is 0 Å². The normalized spacial score (nSPS) is 13.2. The van der Waals surface area contributed by atoms with Crippen LogP contribution in [0.4, 0.5) is 0 Å². The zero-order valence-corrected chi connectivity index (χ0v) is 12.7. The van der Waals surface area contributed by atoms with Crippen LogP contribution in [-0.4, -0.2) is 34.0 Å². The summed E-state index contributed by atoms with van der Waals surface area (Å²) in [6.07, 6.45) is 0.857. The number of nitrogens with one attached hydrogen (secondary N) is 1. The first-order valence-electron chi connectivity index (χ1n) is 6.41. The summed E-state index contributed by atoms with van der Waals surface area (Å²) in [5.41, 5.74) is 0.938. The maximum atomic E-state index is 5.50. The van der Waals surface area contributed by atoms with Gasteiger partial charge in [0.2, 0.25) is 0 Å². The van der Waals surface area contributed by atoms with Gasteiger partial charge in [-0.05, 0) is 45.0 Å². The predicted molar refractivity (Wildman–Crippen MR) is 77.1 cm³/mol. The fraction of sp³-hybridized carbons (Fsp3) is 0.600. The second-order valence-electron chi connectivity index (χ2n) is 5.16. The average Bonchev–Trinajstić information content (AvgIpc) is 2.44. The number of hydrogen-bond donors (Lipinski definition) is 1. The maximum Gasteiger partial charge on any atom is 0.122 e. The van der Waals surface area contributed by atoms with Gasteiger partial charge in [-0.1, -0.05) is 0 Å². The summed E-state index contributed by atoms with van der Waals surface area (Å²) in [5, 5.41) is 3.32. The molecule has 0 radical (unpaired) electrons. The van der Waals surface area contributed by atoms with Crippen molar-refractivity contribution in [3.8, 4) is 11.5 Å². The van der Waals surface area contributed by atoms with Crippen LogP contribution in [0.15, 0.2) is 18.2 Å². The Morgan fingerprint density at radius 3 is 1.95 bits per heavy atom. The molecule has 0 bridgehead atoms. The molecule has 0 amide bonds. The fourth-order valence-electron chi connectivity index (χ4n) is 1.99. The minimum absolute atomic E-state index is 0.180. The number of benzene rings is 1. The lowest BCUT2D eigenvalue weighted by molar-refractivity contribution is 0.00741. The first kappa shape index (κ1) is 15.8. The Morgan fingerprint density at radius 1 is 1.05 bits per heavy atom. The third-order valence-corrected chi connectivity index (χ3v) is 3.37. The van der Waals surface area contributed by atoms with Crippen LogP contribution in [0.25, 0.3) is 0 Å². The van der Waals surface area contributed by atoms with Gasteiger partial charge in [0.05, 0.1) is 19.8 Å². The highest BCUT2D eigenvalue weighted by Crippen LogP contribution is 2.31. The maximum absolute atomic E-state index is 5.50. The minimum atomic E-state index is -0.190. The lowest BCUT2D eigenvalue weighted by Gasteiger charge is -2.29. The highest BCUT2D eigenvalue weighted by molar-refractivity contribution is 5.40. The molecule has 1 N–H and O–H groups in total. The second-order valence-corrected chi connectivity index (χ2v) is 5.16. The summed E-state index contributed by atoms with van der Waals surface area (Å²) < 4.78 is 16.1. The molecule has 1 unspecified atom stereocenters. The van der Waals surface area contributed by atoms with Crippen LogP contribution in [0.5, 0.6) is 11.5 Å². The first-order valence-corrected chi connectivity index (χ1v) is 6.41. The lowest BCUT2D eigenvalue weighted by Crippen LogP contribution is -2.30. The van der Waals surface area contributed by atoms with Gasteiger partial charge in [0.25, 0.3) is 0 Å². The van der Waals surface area contributed by atoms with Crippen LogP contribution in [0.1, 0.15) is 31.9 Å². The van der Waals surface area contributed by atoms with Crippen molar-refractivity contribution in [2.75, 3.05) is 28.4 Å². The summed E-state index contributed by atoms with van der Waals surface area (Å²) in [6.45, 7) is 4.16. The van der Waals surface area contributed by atoms with Crippen molar-refractivity contribution in [3.05, 3.63) is 23.8 Å². The first-order chi connectivity index (χ1) is 8.95. The van der Waals surface area contributed by atoms with E-state index in [-0.39, 0.29) is 11.6 Å². The molecule has 0 aliphatic carbocycles. The summed E-state index contributed by atoms with van der Waals surface area (Å²) in [5.74, 6) is 1.59. The van der Waals surface area contributed by atoms with E-state index in [1.54, 1.807) is 21.3 Å². The molecule has 1 aromatic rings. The second kappa shape index (κ2) is 6.78. The fourth-order valence-corrected chi connectivity index (χ4v) is 1.99. The van der Waals surface area contributed by atoms with Crippen molar-refractivity contribution in [3.63, 3.8) is 0 Å². The topological polar surface area (TPSA) is 39.7 Å². The molecule has 19 heavy (non-hydrogen) atoms. The van der Waals surface area contributed by atoms with Gasteiger partial charge in [0, 0.05) is 19.2 Å². The Kier molecular flexibility index (Phi) is 5.63. The highest BCUT2D eigenvalue weighted by atomic mass is 16.5. The van der Waals surface area contributed by atoms with Crippen LogP contribution in [0.3, 0.4) is 0 Å². The molecular weight excluding hydrogens is 242 g/mol. The van der Waals surface area contributed by atoms with Gasteiger partial charge in [0.1, 0.15) is 11.5 Å². The quantitative estimate of drug-likeness (QED) is 0.824. The molecule has 0 fully saturated rings. The minimum Gasteiger partial charge on any atom is -0.497 e. The SMILES string of the molecule is CNC(CC(C)(C)OC)c1cc(OC)cc(OC)c1. The predicted octanol–water partition coefficient (Wildman–Crippen LogP) is 2.78. The molecule has 0 aromatic heterocycles. The molecule has 4 nitrogen and oxygen atoms in total. The zero-order chi connectivity index (χ0) is 14.5. The van der Waals surface area contributed by atoms with E-state index in [9.17, 15) is 0 Å². The van der Waals surface area contributed by atoms with Crippen molar-refractivity contribution < 1.29 is 14.2 Å². The van der Waals surface area contributed by atoms with Crippen LogP contribution in [0.2, 0.25) is 0 Å². The summed E-state index contributed by atoms with van der Waals surface area (Å²) in [6, 6.07) is 6.10. The van der Waals surface area contributed by atoms with Crippen molar-refractivity contribution in [1.29, 1.82) is 0 Å². The third kappa shape index (κ3) is 4.40. The number of ether oxygens (including phenoxy) is 3. The van der Waals surface area contributed by atoms with E-state index in [0.717, 1.165) is 23.5 Å². The Bertz CT molecular complexity index is 382. The third-order valence-electron chi connectivity index (χ3n) is 3.37. The van der Waals surface area contributed by atoms with Gasteiger partial charge in [-0.25, -0.2) is 0 Å². The molecule has 0 aliphatic heterocycles. The molecule has 1 atom stereocenters. The van der Waals surface area contributed by atoms with Gasteiger partial charge in [-0.15, -0.1) is 0 Å². The molecule has 108 valence electrons. The monoisotopic (exact) mass is 267 g/mol. The molecule has 0 saturated carbocycles. The van der Waals surface area contributed by atoms with E-state index in [2.05, 4.69) is 19.2 Å². The van der Waals surface area contributed by atoms with Crippen LogP contribution in [-0.2, 0) is 4.74 Å². The lowest BCUT2D eigenvalue weighted by atomic mass is 9.93. The largest absolute Gasteiger partial charge is 0.497 e. The molecular formula is C15H25NO3. The molecule has 1 rings (SSSR count). The Labute approximate surface area is 116 Å². The molecule has 0 aliphatic rings. The number of methoxy groups -OCH3 is 3. The molecule has 1 aromatic carbocycles. The van der Waals surface area contributed by atoms with Gasteiger partial charge < -0.3 is 19.5 Å². The Morgan fingerprint density at radius 2 is 1.58 bits per heavy atom. The van der Waals surface area contributed by atoms with Crippen LogP contribution in [0, 0.1) is 0 Å². The molecule has 0 saturated heterocycles. The van der Waals surface area contributed by atoms with E-state index in [0.29, 0.717) is 0 Å².